The first kappa shape index (κ1) is 19.5. The van der Waals surface area contributed by atoms with E-state index in [4.69, 9.17) is 14.6 Å². The highest BCUT2D eigenvalue weighted by molar-refractivity contribution is 5.72. The van der Waals surface area contributed by atoms with Gasteiger partial charge < -0.3 is 16.0 Å². The quantitative estimate of drug-likeness (QED) is 0.498. The summed E-state index contributed by atoms with van der Waals surface area (Å²) in [6.45, 7) is 6.09. The number of benzene rings is 1. The van der Waals surface area contributed by atoms with Crippen molar-refractivity contribution in [2.45, 2.75) is 33.6 Å². The summed E-state index contributed by atoms with van der Waals surface area (Å²) >= 11 is 0. The molecule has 4 N–H and O–H groups in total. The normalized spacial score (nSPS) is 9.42. The monoisotopic (exact) mass is 269 g/mol. The summed E-state index contributed by atoms with van der Waals surface area (Å²) in [5.74, 6) is 0.465. The third-order valence-electron chi connectivity index (χ3n) is 2.05. The van der Waals surface area contributed by atoms with Crippen LogP contribution < -0.4 is 10.9 Å². The van der Waals surface area contributed by atoms with E-state index < -0.39 is 0 Å². The first-order chi connectivity index (χ1) is 8.39. The van der Waals surface area contributed by atoms with Crippen molar-refractivity contribution < 1.29 is 19.4 Å². The molecular formula is C14H23NO4. The molecule has 1 aromatic rings. The molecule has 19 heavy (non-hydrogen) atoms. The fourth-order valence-corrected chi connectivity index (χ4v) is 1.15. The third-order valence-corrected chi connectivity index (χ3v) is 2.05. The minimum atomic E-state index is -0.250. The molecule has 0 aliphatic rings. The van der Waals surface area contributed by atoms with Gasteiger partial charge in [-0.15, -0.1) is 0 Å². The summed E-state index contributed by atoms with van der Waals surface area (Å²) in [7, 11) is 0. The maximum Gasteiger partial charge on any atom is 0.311 e. The molecule has 0 saturated heterocycles. The van der Waals surface area contributed by atoms with E-state index in [1.54, 1.807) is 12.1 Å². The molecule has 0 saturated carbocycles. The van der Waals surface area contributed by atoms with Crippen molar-refractivity contribution in [2.24, 2.45) is 5.41 Å². The van der Waals surface area contributed by atoms with Crippen LogP contribution in [-0.2, 0) is 9.59 Å². The topological polar surface area (TPSA) is 98.6 Å². The number of hydrogen-bond donors (Lipinski definition) is 2. The highest BCUT2D eigenvalue weighted by Crippen LogP contribution is 2.21. The van der Waals surface area contributed by atoms with Crippen LogP contribution in [0.2, 0.25) is 0 Å². The number of carbonyl (C=O) groups excluding carboxylic acids is 1. The van der Waals surface area contributed by atoms with Crippen molar-refractivity contribution in [3.63, 3.8) is 0 Å². The molecule has 108 valence electrons. The van der Waals surface area contributed by atoms with E-state index in [2.05, 4.69) is 20.8 Å². The van der Waals surface area contributed by atoms with Gasteiger partial charge in [0.05, 0.1) is 0 Å². The second kappa shape index (κ2) is 10.1. The molecule has 0 fully saturated rings. The Morgan fingerprint density at radius 1 is 1.26 bits per heavy atom. The van der Waals surface area contributed by atoms with Crippen LogP contribution in [0.3, 0.4) is 0 Å². The zero-order valence-electron chi connectivity index (χ0n) is 11.8. The van der Waals surface area contributed by atoms with Gasteiger partial charge in [0.25, 0.3) is 6.47 Å². The molecule has 1 rings (SSSR count). The number of para-hydroxylation sites is 1. The van der Waals surface area contributed by atoms with E-state index in [-0.39, 0.29) is 24.0 Å². The average molecular weight is 269 g/mol. The highest BCUT2D eigenvalue weighted by Gasteiger charge is 2.13. The van der Waals surface area contributed by atoms with E-state index in [1.807, 2.05) is 18.2 Å². The zero-order valence-corrected chi connectivity index (χ0v) is 11.8. The second-order valence-electron chi connectivity index (χ2n) is 4.95. The molecule has 5 nitrogen and oxygen atoms in total. The summed E-state index contributed by atoms with van der Waals surface area (Å²) in [5.41, 5.74) is 0.176. The lowest BCUT2D eigenvalue weighted by atomic mass is 9.91. The molecule has 1 aromatic carbocycles. The Bertz CT molecular complexity index is 357. The predicted molar refractivity (Wildman–Crippen MR) is 74.5 cm³/mol. The van der Waals surface area contributed by atoms with Gasteiger partial charge in [0.15, 0.2) is 0 Å². The molecule has 0 bridgehead atoms. The molecule has 5 heteroatoms. The van der Waals surface area contributed by atoms with Gasteiger partial charge in [-0.1, -0.05) is 39.0 Å². The number of rotatable bonds is 3. The van der Waals surface area contributed by atoms with Crippen molar-refractivity contribution in [2.75, 3.05) is 0 Å². The molecule has 0 amide bonds. The molecule has 0 aliphatic heterocycles. The molecule has 0 aliphatic carbocycles. The maximum absolute atomic E-state index is 11.4. The van der Waals surface area contributed by atoms with Crippen LogP contribution in [0, 0.1) is 5.41 Å². The molecule has 0 atom stereocenters. The molecule has 0 unspecified atom stereocenters. The van der Waals surface area contributed by atoms with E-state index in [0.29, 0.717) is 12.2 Å². The zero-order chi connectivity index (χ0) is 14.0. The lowest BCUT2D eigenvalue weighted by molar-refractivity contribution is -0.135. The first-order valence-corrected chi connectivity index (χ1v) is 5.72. The van der Waals surface area contributed by atoms with Gasteiger partial charge in [0.2, 0.25) is 0 Å². The summed E-state index contributed by atoms with van der Waals surface area (Å²) in [4.78, 5) is 19.8. The van der Waals surface area contributed by atoms with Crippen LogP contribution in [0.1, 0.15) is 33.6 Å². The lowest BCUT2D eigenvalue weighted by Gasteiger charge is -2.16. The summed E-state index contributed by atoms with van der Waals surface area (Å²) in [6.07, 6.45) is 1.32. The van der Waals surface area contributed by atoms with Crippen LogP contribution in [0.25, 0.3) is 0 Å². The Hall–Kier alpha value is -1.88. The van der Waals surface area contributed by atoms with Gasteiger partial charge in [0.1, 0.15) is 5.75 Å². The highest BCUT2D eigenvalue weighted by atomic mass is 16.5. The van der Waals surface area contributed by atoms with Gasteiger partial charge in [-0.3, -0.25) is 9.59 Å². The van der Waals surface area contributed by atoms with E-state index in [1.165, 1.54) is 0 Å². The van der Waals surface area contributed by atoms with Crippen molar-refractivity contribution in [3.8, 4) is 5.75 Å². The molecule has 0 radical (unpaired) electrons. The van der Waals surface area contributed by atoms with Crippen LogP contribution in [-0.4, -0.2) is 17.5 Å². The Kier molecular flexibility index (Phi) is 10.3. The molecule has 0 heterocycles. The Labute approximate surface area is 114 Å². The summed E-state index contributed by atoms with van der Waals surface area (Å²) in [5, 5.41) is 6.89. The van der Waals surface area contributed by atoms with E-state index >= 15 is 0 Å². The number of hydrogen-bond acceptors (Lipinski definition) is 4. The van der Waals surface area contributed by atoms with Gasteiger partial charge >= 0.3 is 5.97 Å². The predicted octanol–water partition coefficient (Wildman–Crippen LogP) is 3.28. The second-order valence-corrected chi connectivity index (χ2v) is 4.95. The van der Waals surface area contributed by atoms with Gasteiger partial charge in [-0.05, 0) is 24.0 Å². The average Bonchev–Trinajstić information content (AvgIpc) is 2.28. The van der Waals surface area contributed by atoms with E-state index in [9.17, 15) is 4.79 Å². The number of carbonyl (C=O) groups is 2. The van der Waals surface area contributed by atoms with Crippen LogP contribution in [0.4, 0.5) is 0 Å². The largest absolute Gasteiger partial charge is 0.483 e. The summed E-state index contributed by atoms with van der Waals surface area (Å²) in [6, 6.07) is 9.18. The van der Waals surface area contributed by atoms with Crippen molar-refractivity contribution in [1.82, 2.24) is 6.15 Å². The Balaban J connectivity index is 0. The van der Waals surface area contributed by atoms with Crippen LogP contribution in [0.5, 0.6) is 5.75 Å². The van der Waals surface area contributed by atoms with Crippen molar-refractivity contribution in [1.29, 1.82) is 0 Å². The smallest absolute Gasteiger partial charge is 0.311 e. The minimum Gasteiger partial charge on any atom is -0.483 e. The van der Waals surface area contributed by atoms with Crippen LogP contribution in [0.15, 0.2) is 30.3 Å². The maximum atomic E-state index is 11.4. The fourth-order valence-electron chi connectivity index (χ4n) is 1.15. The third kappa shape index (κ3) is 12.4. The number of ether oxygens (including phenoxy) is 1. The summed E-state index contributed by atoms with van der Waals surface area (Å²) < 4.78 is 5.17. The minimum absolute atomic E-state index is 0. The Morgan fingerprint density at radius 3 is 2.16 bits per heavy atom. The molecular weight excluding hydrogens is 246 g/mol. The van der Waals surface area contributed by atoms with Crippen molar-refractivity contribution >= 4 is 12.4 Å². The van der Waals surface area contributed by atoms with Crippen molar-refractivity contribution in [3.05, 3.63) is 30.3 Å². The van der Waals surface area contributed by atoms with Gasteiger partial charge in [-0.2, -0.15) is 0 Å². The molecule has 0 aromatic heterocycles. The van der Waals surface area contributed by atoms with Gasteiger partial charge in [-0.25, -0.2) is 0 Å². The SMILES string of the molecule is CC(C)(C)CCC(=O)Oc1ccccc1.N.O=CO. The number of esters is 1. The standard InChI is InChI=1S/C13H18O2.CH2O2.H3N/c1-13(2,3)10-9-12(14)15-11-7-5-4-6-8-11;2-1-3;/h4-8H,9-10H2,1-3H3;1H,(H,2,3);1H3. The fraction of sp³-hybridized carbons (Fsp3) is 0.429. The number of carboxylic acid groups (broad SMARTS) is 1. The van der Waals surface area contributed by atoms with Crippen LogP contribution >= 0.6 is 0 Å². The Morgan fingerprint density at radius 2 is 1.74 bits per heavy atom. The first-order valence-electron chi connectivity index (χ1n) is 5.72. The molecule has 0 spiro atoms. The van der Waals surface area contributed by atoms with Gasteiger partial charge in [0, 0.05) is 6.42 Å². The lowest BCUT2D eigenvalue weighted by Crippen LogP contribution is -2.13. The van der Waals surface area contributed by atoms with E-state index in [0.717, 1.165) is 6.42 Å².